The Morgan fingerprint density at radius 1 is 1.33 bits per heavy atom. The van der Waals surface area contributed by atoms with E-state index in [0.29, 0.717) is 12.5 Å². The lowest BCUT2D eigenvalue weighted by Gasteiger charge is -2.38. The Hall–Kier alpha value is -0.330. The molecule has 1 fully saturated rings. The fourth-order valence-corrected chi connectivity index (χ4v) is 2.56. The van der Waals surface area contributed by atoms with Crippen LogP contribution in [0.15, 0.2) is 0 Å². The van der Waals surface area contributed by atoms with E-state index in [2.05, 4.69) is 10.2 Å². The summed E-state index contributed by atoms with van der Waals surface area (Å²) >= 11 is 0. The van der Waals surface area contributed by atoms with Gasteiger partial charge in [0.15, 0.2) is 0 Å². The number of aliphatic hydroxyl groups is 1. The first kappa shape index (κ1) is 15.7. The zero-order valence-corrected chi connectivity index (χ0v) is 10.8. The molecule has 2 N–H and O–H groups in total. The summed E-state index contributed by atoms with van der Waals surface area (Å²) in [6.07, 6.45) is -1.76. The van der Waals surface area contributed by atoms with Crippen molar-refractivity contribution in [1.82, 2.24) is 10.2 Å². The van der Waals surface area contributed by atoms with Gasteiger partial charge in [0.2, 0.25) is 0 Å². The lowest BCUT2D eigenvalue weighted by atomic mass is 9.90. The predicted octanol–water partition coefficient (Wildman–Crippen LogP) is 1.62. The van der Waals surface area contributed by atoms with Crippen molar-refractivity contribution in [2.75, 3.05) is 32.8 Å². The number of rotatable bonds is 6. The lowest BCUT2D eigenvalue weighted by Crippen LogP contribution is -2.51. The topological polar surface area (TPSA) is 35.5 Å². The summed E-state index contributed by atoms with van der Waals surface area (Å²) in [6, 6.07) is -0.0935. The normalized spacial score (nSPS) is 26.5. The van der Waals surface area contributed by atoms with Crippen LogP contribution in [0.2, 0.25) is 0 Å². The van der Waals surface area contributed by atoms with Gasteiger partial charge in [-0.05, 0) is 31.7 Å². The molecule has 0 saturated carbocycles. The monoisotopic (exact) mass is 268 g/mol. The summed E-state index contributed by atoms with van der Waals surface area (Å²) in [6.45, 7) is 3.74. The van der Waals surface area contributed by atoms with E-state index in [4.69, 9.17) is 5.11 Å². The molecular formula is C12H23F3N2O. The summed E-state index contributed by atoms with van der Waals surface area (Å²) in [4.78, 5) is 2.18. The largest absolute Gasteiger partial charge is 0.401 e. The first-order valence-corrected chi connectivity index (χ1v) is 6.58. The molecule has 6 heteroatoms. The van der Waals surface area contributed by atoms with Gasteiger partial charge in [0.1, 0.15) is 0 Å². The van der Waals surface area contributed by atoms with Gasteiger partial charge in [0.25, 0.3) is 0 Å². The molecular weight excluding hydrogens is 245 g/mol. The van der Waals surface area contributed by atoms with Gasteiger partial charge in [0, 0.05) is 25.7 Å². The second kappa shape index (κ2) is 7.31. The highest BCUT2D eigenvalue weighted by Crippen LogP contribution is 2.22. The molecule has 0 bridgehead atoms. The number of likely N-dealkylation sites (N-methyl/N-ethyl adjacent to an activating group) is 1. The van der Waals surface area contributed by atoms with Crippen LogP contribution in [-0.4, -0.2) is 55.0 Å². The van der Waals surface area contributed by atoms with Crippen molar-refractivity contribution in [1.29, 1.82) is 0 Å². The smallest absolute Gasteiger partial charge is 0.396 e. The van der Waals surface area contributed by atoms with E-state index in [1.54, 1.807) is 0 Å². The SMILES string of the molecule is CCN1CC(CCCO)CC(NCC(F)(F)F)C1. The van der Waals surface area contributed by atoms with Crippen molar-refractivity contribution >= 4 is 0 Å². The van der Waals surface area contributed by atoms with Crippen LogP contribution >= 0.6 is 0 Å². The van der Waals surface area contributed by atoms with E-state index in [1.165, 1.54) is 0 Å². The molecule has 2 unspecified atom stereocenters. The predicted molar refractivity (Wildman–Crippen MR) is 64.4 cm³/mol. The van der Waals surface area contributed by atoms with Crippen molar-refractivity contribution in [3.63, 3.8) is 0 Å². The number of nitrogens with zero attached hydrogens (tertiary/aromatic N) is 1. The second-order valence-electron chi connectivity index (χ2n) is 5.01. The molecule has 1 aliphatic heterocycles. The quantitative estimate of drug-likeness (QED) is 0.768. The zero-order valence-electron chi connectivity index (χ0n) is 10.8. The van der Waals surface area contributed by atoms with Gasteiger partial charge in [-0.1, -0.05) is 6.92 Å². The average molecular weight is 268 g/mol. The van der Waals surface area contributed by atoms with Crippen molar-refractivity contribution in [2.45, 2.75) is 38.4 Å². The highest BCUT2D eigenvalue weighted by Gasteiger charge is 2.31. The van der Waals surface area contributed by atoms with Gasteiger partial charge in [-0.2, -0.15) is 13.2 Å². The number of nitrogens with one attached hydrogen (secondary N) is 1. The molecule has 108 valence electrons. The molecule has 1 aliphatic rings. The Morgan fingerprint density at radius 2 is 2.06 bits per heavy atom. The van der Waals surface area contributed by atoms with Gasteiger partial charge in [-0.15, -0.1) is 0 Å². The van der Waals surface area contributed by atoms with Crippen LogP contribution < -0.4 is 5.32 Å². The molecule has 0 radical (unpaired) electrons. The highest BCUT2D eigenvalue weighted by molar-refractivity contribution is 4.83. The minimum atomic E-state index is -4.14. The van der Waals surface area contributed by atoms with Crippen molar-refractivity contribution in [2.24, 2.45) is 5.92 Å². The molecule has 0 amide bonds. The third kappa shape index (κ3) is 6.02. The fourth-order valence-electron chi connectivity index (χ4n) is 2.56. The van der Waals surface area contributed by atoms with Gasteiger partial charge >= 0.3 is 6.18 Å². The number of likely N-dealkylation sites (tertiary alicyclic amines) is 1. The molecule has 0 aromatic rings. The maximum Gasteiger partial charge on any atom is 0.401 e. The number of hydrogen-bond acceptors (Lipinski definition) is 3. The van der Waals surface area contributed by atoms with E-state index >= 15 is 0 Å². The minimum Gasteiger partial charge on any atom is -0.396 e. The second-order valence-corrected chi connectivity index (χ2v) is 5.01. The Morgan fingerprint density at radius 3 is 2.61 bits per heavy atom. The Balaban J connectivity index is 2.41. The van der Waals surface area contributed by atoms with Crippen molar-refractivity contribution in [3.05, 3.63) is 0 Å². The Kier molecular flexibility index (Phi) is 6.38. The minimum absolute atomic E-state index is 0.0935. The number of halogens is 3. The highest BCUT2D eigenvalue weighted by atomic mass is 19.4. The van der Waals surface area contributed by atoms with Crippen LogP contribution in [0.5, 0.6) is 0 Å². The average Bonchev–Trinajstić information content (AvgIpc) is 2.32. The maximum absolute atomic E-state index is 12.2. The first-order chi connectivity index (χ1) is 8.44. The molecule has 0 aromatic heterocycles. The number of alkyl halides is 3. The summed E-state index contributed by atoms with van der Waals surface area (Å²) in [5.74, 6) is 0.386. The van der Waals surface area contributed by atoms with Gasteiger partial charge < -0.3 is 15.3 Å². The number of piperidine rings is 1. The molecule has 0 aliphatic carbocycles. The van der Waals surface area contributed by atoms with E-state index in [0.717, 1.165) is 32.4 Å². The molecule has 0 spiro atoms. The maximum atomic E-state index is 12.2. The molecule has 3 nitrogen and oxygen atoms in total. The van der Waals surface area contributed by atoms with Crippen molar-refractivity contribution in [3.8, 4) is 0 Å². The molecule has 1 saturated heterocycles. The van der Waals surface area contributed by atoms with E-state index in [1.807, 2.05) is 6.92 Å². The number of aliphatic hydroxyl groups excluding tert-OH is 1. The Labute approximate surface area is 106 Å². The van der Waals surface area contributed by atoms with E-state index in [-0.39, 0.29) is 12.6 Å². The molecule has 0 aromatic carbocycles. The summed E-state index contributed by atoms with van der Waals surface area (Å²) in [5, 5.41) is 11.4. The summed E-state index contributed by atoms with van der Waals surface area (Å²) in [5.41, 5.74) is 0. The summed E-state index contributed by atoms with van der Waals surface area (Å²) in [7, 11) is 0. The lowest BCUT2D eigenvalue weighted by molar-refractivity contribution is -0.127. The third-order valence-electron chi connectivity index (χ3n) is 3.42. The third-order valence-corrected chi connectivity index (χ3v) is 3.42. The molecule has 2 atom stereocenters. The van der Waals surface area contributed by atoms with Crippen molar-refractivity contribution < 1.29 is 18.3 Å². The van der Waals surface area contributed by atoms with Gasteiger partial charge in [-0.25, -0.2) is 0 Å². The molecule has 1 rings (SSSR count). The van der Waals surface area contributed by atoms with E-state index in [9.17, 15) is 13.2 Å². The van der Waals surface area contributed by atoms with Crippen LogP contribution in [0.1, 0.15) is 26.2 Å². The number of hydrogen-bond donors (Lipinski definition) is 2. The van der Waals surface area contributed by atoms with Gasteiger partial charge in [-0.3, -0.25) is 0 Å². The van der Waals surface area contributed by atoms with Crippen LogP contribution in [-0.2, 0) is 0 Å². The standard InChI is InChI=1S/C12H23F3N2O/c1-2-17-7-10(4-3-5-18)6-11(8-17)16-9-12(13,14)15/h10-11,16,18H,2-9H2,1H3. The van der Waals surface area contributed by atoms with Gasteiger partial charge in [0.05, 0.1) is 6.54 Å². The van der Waals surface area contributed by atoms with Crippen LogP contribution in [0, 0.1) is 5.92 Å². The molecule has 1 heterocycles. The zero-order chi connectivity index (χ0) is 13.6. The van der Waals surface area contributed by atoms with E-state index < -0.39 is 12.7 Å². The van der Waals surface area contributed by atoms with Crippen LogP contribution in [0.3, 0.4) is 0 Å². The summed E-state index contributed by atoms with van der Waals surface area (Å²) < 4.78 is 36.5. The molecule has 18 heavy (non-hydrogen) atoms. The fraction of sp³-hybridized carbons (Fsp3) is 1.00. The first-order valence-electron chi connectivity index (χ1n) is 6.58. The Bertz CT molecular complexity index is 236. The van der Waals surface area contributed by atoms with Crippen LogP contribution in [0.4, 0.5) is 13.2 Å². The van der Waals surface area contributed by atoms with Crippen LogP contribution in [0.25, 0.3) is 0 Å².